The highest BCUT2D eigenvalue weighted by Crippen LogP contribution is 2.54. The lowest BCUT2D eigenvalue weighted by Gasteiger charge is -2.32. The summed E-state index contributed by atoms with van der Waals surface area (Å²) in [4.78, 5) is 36.2. The van der Waals surface area contributed by atoms with Gasteiger partial charge in [0.2, 0.25) is 5.91 Å². The molecular weight excluding hydrogens is 284 g/mol. The quantitative estimate of drug-likeness (QED) is 0.600. The van der Waals surface area contributed by atoms with Gasteiger partial charge in [-0.05, 0) is 50.4 Å². The minimum absolute atomic E-state index is 0.0402. The molecule has 0 unspecified atom stereocenters. The van der Waals surface area contributed by atoms with E-state index in [1.54, 1.807) is 0 Å². The molecule has 2 saturated carbocycles. The van der Waals surface area contributed by atoms with Gasteiger partial charge in [-0.25, -0.2) is 9.59 Å². The van der Waals surface area contributed by atoms with Crippen LogP contribution < -0.4 is 5.73 Å². The highest BCUT2D eigenvalue weighted by molar-refractivity contribution is 5.94. The van der Waals surface area contributed by atoms with E-state index in [0.29, 0.717) is 6.54 Å². The van der Waals surface area contributed by atoms with Crippen LogP contribution in [0.15, 0.2) is 12.2 Å². The lowest BCUT2D eigenvalue weighted by atomic mass is 9.84. The van der Waals surface area contributed by atoms with Crippen molar-refractivity contribution in [3.8, 4) is 0 Å². The molecule has 0 atom stereocenters. The van der Waals surface area contributed by atoms with Crippen molar-refractivity contribution < 1.29 is 19.1 Å². The van der Waals surface area contributed by atoms with Crippen LogP contribution in [0.3, 0.4) is 0 Å². The van der Waals surface area contributed by atoms with E-state index in [4.69, 9.17) is 10.5 Å². The van der Waals surface area contributed by atoms with E-state index >= 15 is 0 Å². The highest BCUT2D eigenvalue weighted by atomic mass is 16.5. The lowest BCUT2D eigenvalue weighted by Crippen LogP contribution is -2.46. The topological polar surface area (TPSA) is 89.7 Å². The fourth-order valence-corrected chi connectivity index (χ4v) is 3.65. The Morgan fingerprint density at radius 3 is 2.41 bits per heavy atom. The molecule has 0 radical (unpaired) electrons. The highest BCUT2D eigenvalue weighted by Gasteiger charge is 2.46. The van der Waals surface area contributed by atoms with Crippen LogP contribution >= 0.6 is 0 Å². The summed E-state index contributed by atoms with van der Waals surface area (Å²) in [5.74, 6) is -0.181. The lowest BCUT2D eigenvalue weighted by molar-refractivity contribution is -0.140. The molecule has 2 fully saturated rings. The van der Waals surface area contributed by atoms with Crippen molar-refractivity contribution in [2.75, 3.05) is 13.2 Å². The van der Waals surface area contributed by atoms with Crippen molar-refractivity contribution in [2.24, 2.45) is 17.1 Å². The second-order valence-electron chi connectivity index (χ2n) is 6.63. The van der Waals surface area contributed by atoms with Gasteiger partial charge in [0, 0.05) is 12.1 Å². The second-order valence-corrected chi connectivity index (χ2v) is 6.63. The molecule has 0 aliphatic heterocycles. The van der Waals surface area contributed by atoms with E-state index in [2.05, 4.69) is 6.58 Å². The molecule has 2 aliphatic carbocycles. The number of hydrogen-bond donors (Lipinski definition) is 1. The first-order chi connectivity index (χ1) is 10.3. The van der Waals surface area contributed by atoms with Crippen LogP contribution in [-0.2, 0) is 14.3 Å². The van der Waals surface area contributed by atoms with Crippen LogP contribution in [0.25, 0.3) is 0 Å². The average molecular weight is 308 g/mol. The summed E-state index contributed by atoms with van der Waals surface area (Å²) in [7, 11) is 0. The molecule has 22 heavy (non-hydrogen) atoms. The molecule has 122 valence electrons. The fraction of sp³-hybridized carbons (Fsp3) is 0.688. The number of primary amides is 1. The Balaban J connectivity index is 1.88. The van der Waals surface area contributed by atoms with E-state index in [1.165, 1.54) is 19.8 Å². The van der Waals surface area contributed by atoms with E-state index in [9.17, 15) is 14.4 Å². The van der Waals surface area contributed by atoms with Gasteiger partial charge in [-0.15, -0.1) is 0 Å². The Morgan fingerprint density at radius 1 is 1.32 bits per heavy atom. The number of carbonyl (C=O) groups is 3. The number of nitrogens with two attached hydrogens (primary N) is 1. The zero-order valence-corrected chi connectivity index (χ0v) is 13.1. The van der Waals surface area contributed by atoms with Gasteiger partial charge < -0.3 is 10.5 Å². The van der Waals surface area contributed by atoms with Gasteiger partial charge in [0.25, 0.3) is 0 Å². The van der Waals surface area contributed by atoms with Crippen molar-refractivity contribution in [1.82, 2.24) is 4.90 Å². The number of fused-ring (bicyclic) bond motifs is 2. The molecule has 0 saturated heterocycles. The Morgan fingerprint density at radius 2 is 1.95 bits per heavy atom. The summed E-state index contributed by atoms with van der Waals surface area (Å²) < 4.78 is 4.90. The van der Waals surface area contributed by atoms with Gasteiger partial charge in [-0.1, -0.05) is 6.58 Å². The number of rotatable bonds is 6. The molecule has 0 spiro atoms. The second kappa shape index (κ2) is 6.50. The Labute approximate surface area is 130 Å². The van der Waals surface area contributed by atoms with Crippen LogP contribution in [0.5, 0.6) is 0 Å². The normalized spacial score (nSPS) is 25.8. The smallest absolute Gasteiger partial charge is 0.333 e. The molecular formula is C16H24N2O4. The summed E-state index contributed by atoms with van der Waals surface area (Å²) >= 11 is 0. The minimum atomic E-state index is -0.721. The predicted molar refractivity (Wildman–Crippen MR) is 80.7 cm³/mol. The molecule has 2 N–H and O–H groups in total. The van der Waals surface area contributed by atoms with Crippen LogP contribution in [-0.4, -0.2) is 36.0 Å². The number of hydrogen-bond acceptors (Lipinski definition) is 4. The van der Waals surface area contributed by atoms with Crippen LogP contribution in [0.1, 0.15) is 45.4 Å². The van der Waals surface area contributed by atoms with Gasteiger partial charge in [0.15, 0.2) is 0 Å². The van der Waals surface area contributed by atoms with Crippen LogP contribution in [0.4, 0.5) is 4.79 Å². The van der Waals surface area contributed by atoms with E-state index < -0.39 is 12.0 Å². The van der Waals surface area contributed by atoms with E-state index in [0.717, 1.165) is 30.1 Å². The van der Waals surface area contributed by atoms with Gasteiger partial charge in [0.05, 0.1) is 6.42 Å². The van der Waals surface area contributed by atoms with Crippen molar-refractivity contribution in [3.05, 3.63) is 12.2 Å². The zero-order valence-electron chi connectivity index (χ0n) is 13.1. The molecule has 0 heterocycles. The molecule has 6 heteroatoms. The predicted octanol–water partition coefficient (Wildman–Crippen LogP) is 1.98. The molecule has 0 aromatic heterocycles. The molecule has 2 rings (SSSR count). The molecule has 2 aliphatic rings. The number of nitrogens with zero attached hydrogens (tertiary/aromatic N) is 1. The first-order valence-corrected chi connectivity index (χ1v) is 7.75. The Hall–Kier alpha value is -1.85. The SMILES string of the molecule is C=C(C)C(=O)OCCC(=O)N(CC12CCC(CC1)C2)C(N)=O. The van der Waals surface area contributed by atoms with Crippen LogP contribution in [0.2, 0.25) is 0 Å². The van der Waals surface area contributed by atoms with Gasteiger partial charge >= 0.3 is 12.0 Å². The minimum Gasteiger partial charge on any atom is -0.462 e. The summed E-state index contributed by atoms with van der Waals surface area (Å²) in [5.41, 5.74) is 5.70. The molecule has 0 aromatic carbocycles. The average Bonchev–Trinajstić information content (AvgIpc) is 3.04. The van der Waals surface area contributed by atoms with E-state index in [-0.39, 0.29) is 29.9 Å². The summed E-state index contributed by atoms with van der Waals surface area (Å²) in [6.45, 7) is 5.33. The third kappa shape index (κ3) is 3.67. The van der Waals surface area contributed by atoms with Crippen molar-refractivity contribution in [3.63, 3.8) is 0 Å². The molecule has 2 bridgehead atoms. The van der Waals surface area contributed by atoms with Gasteiger partial charge in [-0.3, -0.25) is 9.69 Å². The first kappa shape index (κ1) is 16.5. The Kier molecular flexibility index (Phi) is 4.88. The maximum absolute atomic E-state index is 12.2. The number of urea groups is 1. The van der Waals surface area contributed by atoms with Gasteiger partial charge in [-0.2, -0.15) is 0 Å². The Bertz CT molecular complexity index is 492. The number of esters is 1. The maximum atomic E-state index is 12.2. The third-order valence-corrected chi connectivity index (χ3v) is 4.85. The largest absolute Gasteiger partial charge is 0.462 e. The van der Waals surface area contributed by atoms with Gasteiger partial charge in [0.1, 0.15) is 6.61 Å². The summed E-state index contributed by atoms with van der Waals surface area (Å²) in [6, 6.07) is -0.721. The van der Waals surface area contributed by atoms with E-state index in [1.807, 2.05) is 0 Å². The number of amides is 3. The zero-order chi connectivity index (χ0) is 16.3. The third-order valence-electron chi connectivity index (χ3n) is 4.85. The van der Waals surface area contributed by atoms with Crippen molar-refractivity contribution in [1.29, 1.82) is 0 Å². The first-order valence-electron chi connectivity index (χ1n) is 7.75. The van der Waals surface area contributed by atoms with Crippen molar-refractivity contribution >= 4 is 17.9 Å². The summed E-state index contributed by atoms with van der Waals surface area (Å²) in [6.07, 6.45) is 5.50. The number of ether oxygens (including phenoxy) is 1. The maximum Gasteiger partial charge on any atom is 0.333 e. The van der Waals surface area contributed by atoms with Crippen LogP contribution in [0, 0.1) is 11.3 Å². The molecule has 0 aromatic rings. The molecule has 6 nitrogen and oxygen atoms in total. The standard InChI is InChI=1S/C16H24N2O4/c1-11(2)14(20)22-8-5-13(19)18(15(17)21)10-16-6-3-12(9-16)4-7-16/h12H,1,3-10H2,2H3,(H2,17,21). The van der Waals surface area contributed by atoms with Crippen molar-refractivity contribution in [2.45, 2.75) is 45.4 Å². The number of imide groups is 1. The molecule has 3 amide bonds. The number of carbonyl (C=O) groups excluding carboxylic acids is 3. The fourth-order valence-electron chi connectivity index (χ4n) is 3.65. The monoisotopic (exact) mass is 308 g/mol. The summed E-state index contributed by atoms with van der Waals surface area (Å²) in [5, 5.41) is 0.